The molecule has 2 aromatic rings. The van der Waals surface area contributed by atoms with E-state index in [9.17, 15) is 8.42 Å². The molecular weight excluding hydrogens is 382 g/mol. The molecular formula is C20H25NO6S. The maximum atomic E-state index is 13.3. The van der Waals surface area contributed by atoms with Gasteiger partial charge in [0.05, 0.1) is 33.3 Å². The van der Waals surface area contributed by atoms with Crippen molar-refractivity contribution in [1.82, 2.24) is 4.31 Å². The fourth-order valence-electron chi connectivity index (χ4n) is 3.56. The Balaban J connectivity index is 2.01. The smallest absolute Gasteiger partial charge is 0.243 e. The molecule has 0 aliphatic carbocycles. The molecule has 3 rings (SSSR count). The summed E-state index contributed by atoms with van der Waals surface area (Å²) >= 11 is 0. The molecule has 0 spiro atoms. The van der Waals surface area contributed by atoms with Crippen molar-refractivity contribution < 1.29 is 27.4 Å². The lowest BCUT2D eigenvalue weighted by Crippen LogP contribution is -2.38. The van der Waals surface area contributed by atoms with Crippen molar-refractivity contribution >= 4 is 10.0 Å². The van der Waals surface area contributed by atoms with Gasteiger partial charge in [-0.25, -0.2) is 8.42 Å². The number of hydrogen-bond acceptors (Lipinski definition) is 6. The second-order valence-electron chi connectivity index (χ2n) is 6.46. The Morgan fingerprint density at radius 2 is 1.43 bits per heavy atom. The summed E-state index contributed by atoms with van der Waals surface area (Å²) in [4.78, 5) is 0.168. The SMILES string of the molecule is COc1ccc(S(=O)(=O)N2CCc3cc(OC)c(OC)cc3[C@@H]2C)cc1OC. The van der Waals surface area contributed by atoms with Gasteiger partial charge in [-0.1, -0.05) is 0 Å². The summed E-state index contributed by atoms with van der Waals surface area (Å²) in [6.45, 7) is 2.25. The van der Waals surface area contributed by atoms with Crippen molar-refractivity contribution in [3.8, 4) is 23.0 Å². The van der Waals surface area contributed by atoms with E-state index in [1.165, 1.54) is 30.7 Å². The summed E-state index contributed by atoms with van der Waals surface area (Å²) in [5.74, 6) is 2.08. The predicted octanol–water partition coefficient (Wildman–Crippen LogP) is 3.03. The number of nitrogens with zero attached hydrogens (tertiary/aromatic N) is 1. The van der Waals surface area contributed by atoms with Gasteiger partial charge in [-0.2, -0.15) is 4.31 Å². The monoisotopic (exact) mass is 407 g/mol. The number of benzene rings is 2. The Bertz CT molecular complexity index is 973. The molecule has 1 aliphatic heterocycles. The third-order valence-electron chi connectivity index (χ3n) is 5.09. The van der Waals surface area contributed by atoms with E-state index < -0.39 is 10.0 Å². The lowest BCUT2D eigenvalue weighted by atomic mass is 9.94. The molecule has 1 aliphatic rings. The van der Waals surface area contributed by atoms with Gasteiger partial charge in [-0.15, -0.1) is 0 Å². The molecule has 8 heteroatoms. The zero-order chi connectivity index (χ0) is 20.5. The van der Waals surface area contributed by atoms with Crippen molar-refractivity contribution in [3.63, 3.8) is 0 Å². The van der Waals surface area contributed by atoms with E-state index >= 15 is 0 Å². The van der Waals surface area contributed by atoms with Crippen LogP contribution in [0.1, 0.15) is 24.1 Å². The van der Waals surface area contributed by atoms with Gasteiger partial charge in [-0.05, 0) is 48.7 Å². The molecule has 2 aromatic carbocycles. The van der Waals surface area contributed by atoms with Gasteiger partial charge in [0.2, 0.25) is 10.0 Å². The molecule has 152 valence electrons. The van der Waals surface area contributed by atoms with Crippen LogP contribution in [0.4, 0.5) is 0 Å². The van der Waals surface area contributed by atoms with Crippen LogP contribution in [0.25, 0.3) is 0 Å². The summed E-state index contributed by atoms with van der Waals surface area (Å²) in [5, 5.41) is 0. The van der Waals surface area contributed by atoms with E-state index in [1.807, 2.05) is 19.1 Å². The van der Waals surface area contributed by atoms with Crippen LogP contribution in [-0.2, 0) is 16.4 Å². The Kier molecular flexibility index (Phi) is 5.71. The highest BCUT2D eigenvalue weighted by Crippen LogP contribution is 2.40. The zero-order valence-corrected chi connectivity index (χ0v) is 17.5. The zero-order valence-electron chi connectivity index (χ0n) is 16.7. The van der Waals surface area contributed by atoms with Crippen molar-refractivity contribution in [2.75, 3.05) is 35.0 Å². The third-order valence-corrected chi connectivity index (χ3v) is 7.06. The molecule has 0 bridgehead atoms. The molecule has 0 radical (unpaired) electrons. The lowest BCUT2D eigenvalue weighted by molar-refractivity contribution is 0.318. The average molecular weight is 407 g/mol. The fourth-order valence-corrected chi connectivity index (χ4v) is 5.19. The van der Waals surface area contributed by atoms with Crippen molar-refractivity contribution in [1.29, 1.82) is 0 Å². The number of sulfonamides is 1. The molecule has 0 fully saturated rings. The first kappa shape index (κ1) is 20.3. The van der Waals surface area contributed by atoms with Crippen LogP contribution in [0.3, 0.4) is 0 Å². The van der Waals surface area contributed by atoms with Gasteiger partial charge in [0.1, 0.15) is 0 Å². The van der Waals surface area contributed by atoms with Gasteiger partial charge in [0.25, 0.3) is 0 Å². The lowest BCUT2D eigenvalue weighted by Gasteiger charge is -2.34. The number of hydrogen-bond donors (Lipinski definition) is 0. The van der Waals surface area contributed by atoms with E-state index in [4.69, 9.17) is 18.9 Å². The van der Waals surface area contributed by atoms with Crippen molar-refractivity contribution in [2.24, 2.45) is 0 Å². The van der Waals surface area contributed by atoms with E-state index in [-0.39, 0.29) is 10.9 Å². The van der Waals surface area contributed by atoms with Crippen LogP contribution in [0.2, 0.25) is 0 Å². The van der Waals surface area contributed by atoms with E-state index in [0.29, 0.717) is 36.0 Å². The largest absolute Gasteiger partial charge is 0.493 e. The van der Waals surface area contributed by atoms with E-state index in [2.05, 4.69) is 0 Å². The van der Waals surface area contributed by atoms with Crippen LogP contribution in [-0.4, -0.2) is 47.7 Å². The predicted molar refractivity (Wildman–Crippen MR) is 105 cm³/mol. The molecule has 0 N–H and O–H groups in total. The summed E-state index contributed by atoms with van der Waals surface area (Å²) in [5.41, 5.74) is 1.97. The highest BCUT2D eigenvalue weighted by molar-refractivity contribution is 7.89. The van der Waals surface area contributed by atoms with Crippen molar-refractivity contribution in [3.05, 3.63) is 41.5 Å². The van der Waals surface area contributed by atoms with Crippen LogP contribution in [0.15, 0.2) is 35.2 Å². The van der Waals surface area contributed by atoms with Crippen LogP contribution < -0.4 is 18.9 Å². The third kappa shape index (κ3) is 3.38. The standard InChI is InChI=1S/C20H25NO6S/c1-13-16-12-20(27-5)18(25-3)10-14(16)8-9-21(13)28(22,23)15-6-7-17(24-2)19(11-15)26-4/h6-7,10-13H,8-9H2,1-5H3/t13-/m0/s1. The minimum atomic E-state index is -3.72. The number of rotatable bonds is 6. The number of fused-ring (bicyclic) bond motifs is 1. The maximum absolute atomic E-state index is 13.3. The molecule has 0 amide bonds. The Labute approximate surface area is 165 Å². The first-order valence-electron chi connectivity index (χ1n) is 8.86. The molecule has 0 aromatic heterocycles. The minimum Gasteiger partial charge on any atom is -0.493 e. The van der Waals surface area contributed by atoms with Gasteiger partial charge in [0.15, 0.2) is 23.0 Å². The minimum absolute atomic E-state index is 0.168. The highest BCUT2D eigenvalue weighted by atomic mass is 32.2. The van der Waals surface area contributed by atoms with Crippen LogP contribution in [0, 0.1) is 0 Å². The first-order chi connectivity index (χ1) is 13.4. The normalized spacial score (nSPS) is 17.0. The molecule has 1 atom stereocenters. The molecule has 1 heterocycles. The second-order valence-corrected chi connectivity index (χ2v) is 8.36. The number of ether oxygens (including phenoxy) is 4. The fraction of sp³-hybridized carbons (Fsp3) is 0.400. The number of methoxy groups -OCH3 is 4. The second kappa shape index (κ2) is 7.89. The summed E-state index contributed by atoms with van der Waals surface area (Å²) < 4.78 is 49.4. The Morgan fingerprint density at radius 1 is 0.857 bits per heavy atom. The summed E-state index contributed by atoms with van der Waals surface area (Å²) in [6.07, 6.45) is 0.590. The summed E-state index contributed by atoms with van der Waals surface area (Å²) in [6, 6.07) is 8.06. The topological polar surface area (TPSA) is 74.3 Å². The van der Waals surface area contributed by atoms with Crippen LogP contribution in [0.5, 0.6) is 23.0 Å². The Morgan fingerprint density at radius 3 is 2.04 bits per heavy atom. The maximum Gasteiger partial charge on any atom is 0.243 e. The van der Waals surface area contributed by atoms with Gasteiger partial charge < -0.3 is 18.9 Å². The van der Waals surface area contributed by atoms with Gasteiger partial charge in [-0.3, -0.25) is 0 Å². The molecule has 28 heavy (non-hydrogen) atoms. The first-order valence-corrected chi connectivity index (χ1v) is 10.3. The van der Waals surface area contributed by atoms with Crippen LogP contribution >= 0.6 is 0 Å². The van der Waals surface area contributed by atoms with E-state index in [0.717, 1.165) is 11.1 Å². The van der Waals surface area contributed by atoms with Crippen molar-refractivity contribution in [2.45, 2.75) is 24.3 Å². The quantitative estimate of drug-likeness (QED) is 0.733. The molecule has 7 nitrogen and oxygen atoms in total. The molecule has 0 saturated heterocycles. The van der Waals surface area contributed by atoms with Gasteiger partial charge in [0, 0.05) is 18.7 Å². The highest BCUT2D eigenvalue weighted by Gasteiger charge is 2.35. The average Bonchev–Trinajstić information content (AvgIpc) is 2.72. The molecule has 0 unspecified atom stereocenters. The van der Waals surface area contributed by atoms with E-state index in [1.54, 1.807) is 20.3 Å². The molecule has 0 saturated carbocycles. The Hall–Kier alpha value is -2.45. The van der Waals surface area contributed by atoms with Gasteiger partial charge >= 0.3 is 0 Å². The summed E-state index contributed by atoms with van der Waals surface area (Å²) in [7, 11) is 2.42.